The quantitative estimate of drug-likeness (QED) is 0.575. The van der Waals surface area contributed by atoms with Crippen LogP contribution in [0.1, 0.15) is 0 Å². The Balaban J connectivity index is 1.92. The van der Waals surface area contributed by atoms with Gasteiger partial charge in [-0.2, -0.15) is 0 Å². The smallest absolute Gasteiger partial charge is 0.181 e. The molecule has 0 amide bonds. The fraction of sp³-hybridized carbons (Fsp3) is 0. The van der Waals surface area contributed by atoms with Gasteiger partial charge in [0.1, 0.15) is 5.01 Å². The number of nitrogen functional groups attached to an aromatic ring is 1. The van der Waals surface area contributed by atoms with Gasteiger partial charge in [-0.3, -0.25) is 0 Å². The lowest BCUT2D eigenvalue weighted by Crippen LogP contribution is -1.80. The summed E-state index contributed by atoms with van der Waals surface area (Å²) in [5, 5.41) is 1.54. The van der Waals surface area contributed by atoms with Crippen LogP contribution in [-0.2, 0) is 0 Å². The van der Waals surface area contributed by atoms with Crippen LogP contribution in [0.4, 0.5) is 5.13 Å². The molecule has 0 atom stereocenters. The molecule has 0 bridgehead atoms. The number of nitrogens with zero attached hydrogens (tertiary/aromatic N) is 2. The highest BCUT2D eigenvalue weighted by Gasteiger charge is 2.08. The van der Waals surface area contributed by atoms with Crippen molar-refractivity contribution < 1.29 is 0 Å². The van der Waals surface area contributed by atoms with E-state index < -0.39 is 0 Å². The van der Waals surface area contributed by atoms with Crippen LogP contribution in [0, 0.1) is 6.07 Å². The molecule has 3 nitrogen and oxygen atoms in total. The highest BCUT2D eigenvalue weighted by Crippen LogP contribution is 2.32. The minimum Gasteiger partial charge on any atom is -0.375 e. The predicted molar refractivity (Wildman–Crippen MR) is 81.5 cm³/mol. The number of rotatable bonds is 1. The molecule has 0 aliphatic carbocycles. The minimum atomic E-state index is 0.577. The van der Waals surface area contributed by atoms with E-state index in [4.69, 9.17) is 5.73 Å². The van der Waals surface area contributed by atoms with Gasteiger partial charge in [-0.1, -0.05) is 23.5 Å². The lowest BCUT2D eigenvalue weighted by atomic mass is 10.2. The van der Waals surface area contributed by atoms with Crippen molar-refractivity contribution in [1.29, 1.82) is 0 Å². The van der Waals surface area contributed by atoms with Gasteiger partial charge in [0.05, 0.1) is 20.4 Å². The molecule has 0 saturated carbocycles. The van der Waals surface area contributed by atoms with Crippen LogP contribution in [0.15, 0.2) is 36.4 Å². The summed E-state index contributed by atoms with van der Waals surface area (Å²) >= 11 is 3.15. The molecule has 2 heterocycles. The second kappa shape index (κ2) is 4.01. The van der Waals surface area contributed by atoms with E-state index in [0.717, 1.165) is 26.3 Å². The molecular weight excluding hydrogens is 274 g/mol. The molecule has 2 aromatic carbocycles. The topological polar surface area (TPSA) is 51.8 Å². The van der Waals surface area contributed by atoms with Gasteiger partial charge < -0.3 is 5.73 Å². The van der Waals surface area contributed by atoms with Gasteiger partial charge in [-0.05, 0) is 24.3 Å². The fourth-order valence-corrected chi connectivity index (χ4v) is 3.63. The molecule has 4 aromatic rings. The van der Waals surface area contributed by atoms with Crippen LogP contribution < -0.4 is 5.73 Å². The molecule has 0 unspecified atom stereocenters. The Morgan fingerprint density at radius 3 is 2.74 bits per heavy atom. The minimum absolute atomic E-state index is 0.577. The van der Waals surface area contributed by atoms with Gasteiger partial charge in [-0.25, -0.2) is 9.97 Å². The number of thiazole rings is 2. The summed E-state index contributed by atoms with van der Waals surface area (Å²) in [4.78, 5) is 8.90. The maximum atomic E-state index is 5.71. The molecule has 5 heteroatoms. The van der Waals surface area contributed by atoms with Crippen molar-refractivity contribution in [3.8, 4) is 10.6 Å². The number of aromatic nitrogens is 2. The summed E-state index contributed by atoms with van der Waals surface area (Å²) in [6.45, 7) is 0. The van der Waals surface area contributed by atoms with E-state index in [2.05, 4.69) is 22.1 Å². The van der Waals surface area contributed by atoms with E-state index in [1.54, 1.807) is 11.3 Å². The molecule has 0 saturated heterocycles. The van der Waals surface area contributed by atoms with Crippen LogP contribution in [0.5, 0.6) is 0 Å². The van der Waals surface area contributed by atoms with Crippen molar-refractivity contribution >= 4 is 48.2 Å². The number of fused-ring (bicyclic) bond motifs is 2. The first-order valence-electron chi connectivity index (χ1n) is 5.74. The van der Waals surface area contributed by atoms with Crippen molar-refractivity contribution in [2.24, 2.45) is 0 Å². The lowest BCUT2D eigenvalue weighted by molar-refractivity contribution is 1.46. The molecule has 0 fully saturated rings. The van der Waals surface area contributed by atoms with Crippen LogP contribution in [0.2, 0.25) is 0 Å². The highest BCUT2D eigenvalue weighted by molar-refractivity contribution is 7.22. The van der Waals surface area contributed by atoms with Gasteiger partial charge in [0.25, 0.3) is 0 Å². The number of hydrogen-bond acceptors (Lipinski definition) is 5. The van der Waals surface area contributed by atoms with Gasteiger partial charge in [-0.15, -0.1) is 11.3 Å². The van der Waals surface area contributed by atoms with Crippen molar-refractivity contribution in [2.75, 3.05) is 5.73 Å². The molecule has 0 aliphatic heterocycles. The van der Waals surface area contributed by atoms with E-state index in [-0.39, 0.29) is 0 Å². The monoisotopic (exact) mass is 282 g/mol. The molecule has 2 N–H and O–H groups in total. The SMILES string of the molecule is Nc1nc2[c]c(-c3nc4ccccc4s3)ccc2s1. The van der Waals surface area contributed by atoms with Crippen molar-refractivity contribution in [3.05, 3.63) is 42.5 Å². The number of hydrogen-bond donors (Lipinski definition) is 1. The Morgan fingerprint density at radius 2 is 1.84 bits per heavy atom. The van der Waals surface area contributed by atoms with Crippen molar-refractivity contribution in [3.63, 3.8) is 0 Å². The van der Waals surface area contributed by atoms with Crippen LogP contribution in [-0.4, -0.2) is 9.97 Å². The molecule has 19 heavy (non-hydrogen) atoms. The molecule has 4 rings (SSSR count). The van der Waals surface area contributed by atoms with E-state index in [1.165, 1.54) is 16.0 Å². The van der Waals surface area contributed by atoms with Gasteiger partial charge in [0.15, 0.2) is 5.13 Å². The van der Waals surface area contributed by atoms with Gasteiger partial charge in [0.2, 0.25) is 0 Å². The summed E-state index contributed by atoms with van der Waals surface area (Å²) in [6.07, 6.45) is 0. The molecular formula is C14H8N3S2. The maximum Gasteiger partial charge on any atom is 0.181 e. The number of para-hydroxylation sites is 1. The third kappa shape index (κ3) is 1.78. The molecule has 1 radical (unpaired) electrons. The zero-order valence-corrected chi connectivity index (χ0v) is 11.4. The third-order valence-electron chi connectivity index (χ3n) is 2.85. The second-order valence-electron chi connectivity index (χ2n) is 4.12. The van der Waals surface area contributed by atoms with Crippen LogP contribution in [0.25, 0.3) is 31.0 Å². The average Bonchev–Trinajstić information content (AvgIpc) is 2.99. The normalized spacial score (nSPS) is 11.4. The Hall–Kier alpha value is -1.98. The summed E-state index contributed by atoms with van der Waals surface area (Å²) in [5.41, 5.74) is 8.53. The van der Waals surface area contributed by atoms with E-state index in [9.17, 15) is 0 Å². The summed E-state index contributed by atoms with van der Waals surface area (Å²) in [7, 11) is 0. The lowest BCUT2D eigenvalue weighted by Gasteiger charge is -1.94. The van der Waals surface area contributed by atoms with Gasteiger partial charge >= 0.3 is 0 Å². The Labute approximate surface area is 117 Å². The Morgan fingerprint density at radius 1 is 0.947 bits per heavy atom. The zero-order chi connectivity index (χ0) is 12.8. The van der Waals surface area contributed by atoms with E-state index in [0.29, 0.717) is 5.13 Å². The Kier molecular flexibility index (Phi) is 2.30. The first-order chi connectivity index (χ1) is 9.29. The standard InChI is InChI=1S/C14H8N3S2/c15-14-17-10-7-8(5-6-12(10)19-14)13-16-9-3-1-2-4-11(9)18-13/h1-6H,(H2,15,17). The average molecular weight is 282 g/mol. The highest BCUT2D eigenvalue weighted by atomic mass is 32.1. The van der Waals surface area contributed by atoms with E-state index in [1.807, 2.05) is 30.3 Å². The number of anilines is 1. The van der Waals surface area contributed by atoms with E-state index >= 15 is 0 Å². The predicted octanol–water partition coefficient (Wildman–Crippen LogP) is 3.96. The fourth-order valence-electron chi connectivity index (χ4n) is 1.99. The molecule has 91 valence electrons. The second-order valence-corrected chi connectivity index (χ2v) is 6.22. The maximum absolute atomic E-state index is 5.71. The summed E-state index contributed by atoms with van der Waals surface area (Å²) in [6, 6.07) is 15.5. The molecule has 0 spiro atoms. The summed E-state index contributed by atoms with van der Waals surface area (Å²) in [5.74, 6) is 0. The number of benzene rings is 2. The molecule has 2 aromatic heterocycles. The van der Waals surface area contributed by atoms with Crippen LogP contribution in [0.3, 0.4) is 0 Å². The third-order valence-corrected chi connectivity index (χ3v) is 4.77. The summed E-state index contributed by atoms with van der Waals surface area (Å²) < 4.78 is 2.24. The number of nitrogens with two attached hydrogens (primary N) is 1. The zero-order valence-electron chi connectivity index (χ0n) is 9.75. The Bertz CT molecular complexity index is 859. The largest absolute Gasteiger partial charge is 0.375 e. The van der Waals surface area contributed by atoms with Crippen molar-refractivity contribution in [2.45, 2.75) is 0 Å². The first-order valence-corrected chi connectivity index (χ1v) is 7.37. The first kappa shape index (κ1) is 10.9. The van der Waals surface area contributed by atoms with Crippen molar-refractivity contribution in [1.82, 2.24) is 9.97 Å². The molecule has 0 aliphatic rings. The van der Waals surface area contributed by atoms with Crippen LogP contribution >= 0.6 is 22.7 Å². The van der Waals surface area contributed by atoms with Gasteiger partial charge in [0, 0.05) is 11.6 Å².